The van der Waals surface area contributed by atoms with Crippen LogP contribution in [0.4, 0.5) is 0 Å². The number of hydrogen-bond donors (Lipinski definition) is 0. The van der Waals surface area contributed by atoms with Gasteiger partial charge in [0.2, 0.25) is 0 Å². The molecule has 1 unspecified atom stereocenters. The SMILES string of the molecule is CCN1CCCC(c2ncc3ccc(Cl)cn23)C1. The molecule has 1 saturated heterocycles. The summed E-state index contributed by atoms with van der Waals surface area (Å²) in [6.07, 6.45) is 6.40. The minimum Gasteiger partial charge on any atom is -0.303 e. The van der Waals surface area contributed by atoms with Crippen LogP contribution in [0.25, 0.3) is 5.52 Å². The lowest BCUT2D eigenvalue weighted by molar-refractivity contribution is 0.213. The Balaban J connectivity index is 1.96. The molecule has 0 bridgehead atoms. The summed E-state index contributed by atoms with van der Waals surface area (Å²) in [6, 6.07) is 3.95. The number of nitrogens with zero attached hydrogens (tertiary/aromatic N) is 3. The van der Waals surface area contributed by atoms with Gasteiger partial charge < -0.3 is 9.30 Å². The number of rotatable bonds is 2. The van der Waals surface area contributed by atoms with Crippen LogP contribution in [-0.2, 0) is 0 Å². The highest BCUT2D eigenvalue weighted by Crippen LogP contribution is 2.27. The Morgan fingerprint density at radius 3 is 3.17 bits per heavy atom. The average Bonchev–Trinajstić information content (AvgIpc) is 2.81. The van der Waals surface area contributed by atoms with Crippen molar-refractivity contribution in [1.29, 1.82) is 0 Å². The van der Waals surface area contributed by atoms with Crippen LogP contribution in [0.2, 0.25) is 5.02 Å². The second-order valence-electron chi connectivity index (χ2n) is 4.99. The first kappa shape index (κ1) is 12.0. The van der Waals surface area contributed by atoms with E-state index in [1.54, 1.807) is 0 Å². The molecule has 96 valence electrons. The molecular weight excluding hydrogens is 246 g/mol. The van der Waals surface area contributed by atoms with Crippen molar-refractivity contribution in [2.45, 2.75) is 25.7 Å². The van der Waals surface area contributed by atoms with Crippen LogP contribution in [0.3, 0.4) is 0 Å². The van der Waals surface area contributed by atoms with E-state index in [1.807, 2.05) is 24.5 Å². The number of pyridine rings is 1. The van der Waals surface area contributed by atoms with Gasteiger partial charge in [-0.3, -0.25) is 0 Å². The molecule has 0 N–H and O–H groups in total. The summed E-state index contributed by atoms with van der Waals surface area (Å²) in [6.45, 7) is 5.68. The number of halogens is 1. The zero-order valence-electron chi connectivity index (χ0n) is 10.6. The topological polar surface area (TPSA) is 20.5 Å². The second kappa shape index (κ2) is 4.90. The van der Waals surface area contributed by atoms with E-state index < -0.39 is 0 Å². The molecule has 4 heteroatoms. The molecule has 0 aromatic carbocycles. The second-order valence-corrected chi connectivity index (χ2v) is 5.43. The summed E-state index contributed by atoms with van der Waals surface area (Å²) in [4.78, 5) is 7.11. The standard InChI is InChI=1S/C14H18ClN3/c1-2-17-7-3-4-11(9-17)14-16-8-13-6-5-12(15)10-18(13)14/h5-6,8,10-11H,2-4,7,9H2,1H3. The quantitative estimate of drug-likeness (QED) is 0.830. The predicted molar refractivity (Wildman–Crippen MR) is 74.3 cm³/mol. The van der Waals surface area contributed by atoms with Crippen molar-refractivity contribution in [3.63, 3.8) is 0 Å². The Labute approximate surface area is 112 Å². The summed E-state index contributed by atoms with van der Waals surface area (Å²) < 4.78 is 2.14. The fraction of sp³-hybridized carbons (Fsp3) is 0.500. The first-order valence-corrected chi connectivity index (χ1v) is 7.00. The van der Waals surface area contributed by atoms with E-state index in [9.17, 15) is 0 Å². The lowest BCUT2D eigenvalue weighted by Crippen LogP contribution is -2.34. The van der Waals surface area contributed by atoms with Crippen LogP contribution in [0.5, 0.6) is 0 Å². The third kappa shape index (κ3) is 2.13. The highest BCUT2D eigenvalue weighted by Gasteiger charge is 2.23. The van der Waals surface area contributed by atoms with E-state index in [0.29, 0.717) is 5.92 Å². The van der Waals surface area contributed by atoms with E-state index in [4.69, 9.17) is 11.6 Å². The highest BCUT2D eigenvalue weighted by molar-refractivity contribution is 6.30. The molecule has 3 rings (SSSR count). The number of imidazole rings is 1. The summed E-state index contributed by atoms with van der Waals surface area (Å²) in [7, 11) is 0. The maximum Gasteiger partial charge on any atom is 0.117 e. The molecule has 1 aliphatic rings. The van der Waals surface area contributed by atoms with Crippen molar-refractivity contribution in [3.05, 3.63) is 35.4 Å². The Hall–Kier alpha value is -1.06. The molecule has 0 radical (unpaired) electrons. The predicted octanol–water partition coefficient (Wildman–Crippen LogP) is 3.19. The van der Waals surface area contributed by atoms with Gasteiger partial charge in [0, 0.05) is 18.7 Å². The summed E-state index contributed by atoms with van der Waals surface area (Å²) in [5, 5.41) is 0.768. The normalized spacial score (nSPS) is 21.6. The summed E-state index contributed by atoms with van der Waals surface area (Å²) >= 11 is 6.08. The van der Waals surface area contributed by atoms with Crippen molar-refractivity contribution >= 4 is 17.1 Å². The number of aromatic nitrogens is 2. The van der Waals surface area contributed by atoms with E-state index in [1.165, 1.54) is 19.4 Å². The molecule has 1 aliphatic heterocycles. The fourth-order valence-corrected chi connectivity index (χ4v) is 3.00. The van der Waals surface area contributed by atoms with Gasteiger partial charge in [0.25, 0.3) is 0 Å². The van der Waals surface area contributed by atoms with Crippen molar-refractivity contribution in [3.8, 4) is 0 Å². The smallest absolute Gasteiger partial charge is 0.117 e. The number of likely N-dealkylation sites (N-methyl/N-ethyl adjacent to an activating group) is 1. The molecule has 2 aromatic heterocycles. The van der Waals surface area contributed by atoms with Crippen LogP contribution in [-0.4, -0.2) is 33.9 Å². The van der Waals surface area contributed by atoms with Crippen molar-refractivity contribution in [1.82, 2.24) is 14.3 Å². The zero-order chi connectivity index (χ0) is 12.5. The van der Waals surface area contributed by atoms with E-state index in [0.717, 1.165) is 29.5 Å². The maximum absolute atomic E-state index is 6.08. The zero-order valence-corrected chi connectivity index (χ0v) is 11.4. The van der Waals surface area contributed by atoms with Crippen LogP contribution in [0.1, 0.15) is 31.5 Å². The molecule has 1 fully saturated rings. The Kier molecular flexibility index (Phi) is 3.27. The number of hydrogen-bond acceptors (Lipinski definition) is 2. The van der Waals surface area contributed by atoms with Crippen molar-refractivity contribution in [2.75, 3.05) is 19.6 Å². The average molecular weight is 264 g/mol. The fourth-order valence-electron chi connectivity index (χ4n) is 2.84. The highest BCUT2D eigenvalue weighted by atomic mass is 35.5. The van der Waals surface area contributed by atoms with E-state index in [2.05, 4.69) is 21.2 Å². The largest absolute Gasteiger partial charge is 0.303 e. The van der Waals surface area contributed by atoms with E-state index >= 15 is 0 Å². The van der Waals surface area contributed by atoms with E-state index in [-0.39, 0.29) is 0 Å². The van der Waals surface area contributed by atoms with Crippen LogP contribution >= 0.6 is 11.6 Å². The van der Waals surface area contributed by atoms with Gasteiger partial charge in [-0.15, -0.1) is 0 Å². The molecule has 1 atom stereocenters. The van der Waals surface area contributed by atoms with Gasteiger partial charge in [0.05, 0.1) is 16.7 Å². The molecular formula is C14H18ClN3. The minimum atomic E-state index is 0.527. The molecule has 0 spiro atoms. The minimum absolute atomic E-state index is 0.527. The first-order valence-electron chi connectivity index (χ1n) is 6.63. The molecule has 3 heterocycles. The van der Waals surface area contributed by atoms with Crippen LogP contribution in [0.15, 0.2) is 24.5 Å². The van der Waals surface area contributed by atoms with Gasteiger partial charge in [-0.25, -0.2) is 4.98 Å². The number of fused-ring (bicyclic) bond motifs is 1. The van der Waals surface area contributed by atoms with Crippen molar-refractivity contribution < 1.29 is 0 Å². The van der Waals surface area contributed by atoms with Gasteiger partial charge in [-0.2, -0.15) is 0 Å². The third-order valence-corrected chi connectivity index (χ3v) is 4.06. The molecule has 3 nitrogen and oxygen atoms in total. The van der Waals surface area contributed by atoms with Gasteiger partial charge in [0.1, 0.15) is 5.82 Å². The Bertz CT molecular complexity index is 549. The van der Waals surface area contributed by atoms with Gasteiger partial charge >= 0.3 is 0 Å². The van der Waals surface area contributed by atoms with Gasteiger partial charge in [-0.05, 0) is 38.1 Å². The summed E-state index contributed by atoms with van der Waals surface area (Å²) in [5.74, 6) is 1.69. The van der Waals surface area contributed by atoms with Crippen LogP contribution < -0.4 is 0 Å². The Morgan fingerprint density at radius 2 is 2.33 bits per heavy atom. The molecule has 0 saturated carbocycles. The molecule has 2 aromatic rings. The number of piperidine rings is 1. The molecule has 18 heavy (non-hydrogen) atoms. The molecule has 0 aliphatic carbocycles. The summed E-state index contributed by atoms with van der Waals surface area (Å²) in [5.41, 5.74) is 1.13. The maximum atomic E-state index is 6.08. The lowest BCUT2D eigenvalue weighted by Gasteiger charge is -2.31. The van der Waals surface area contributed by atoms with Crippen LogP contribution in [0, 0.1) is 0 Å². The van der Waals surface area contributed by atoms with Gasteiger partial charge in [0.15, 0.2) is 0 Å². The molecule has 0 amide bonds. The number of likely N-dealkylation sites (tertiary alicyclic amines) is 1. The third-order valence-electron chi connectivity index (χ3n) is 3.84. The monoisotopic (exact) mass is 263 g/mol. The Morgan fingerprint density at radius 1 is 1.44 bits per heavy atom. The lowest BCUT2D eigenvalue weighted by atomic mass is 9.97. The first-order chi connectivity index (χ1) is 8.78. The van der Waals surface area contributed by atoms with Crippen molar-refractivity contribution in [2.24, 2.45) is 0 Å². The van der Waals surface area contributed by atoms with Gasteiger partial charge in [-0.1, -0.05) is 18.5 Å².